The largest absolute Gasteiger partial charge is 0.481 e. The molecule has 0 aromatic carbocycles. The Bertz CT molecular complexity index is 228. The van der Waals surface area contributed by atoms with E-state index in [1.54, 1.807) is 0 Å². The van der Waals surface area contributed by atoms with Gasteiger partial charge in [-0.2, -0.15) is 0 Å². The molecule has 3 heteroatoms. The van der Waals surface area contributed by atoms with Crippen LogP contribution in [0.4, 0.5) is 0 Å². The average molecular weight is 225 g/mol. The van der Waals surface area contributed by atoms with E-state index >= 15 is 0 Å². The summed E-state index contributed by atoms with van der Waals surface area (Å²) < 4.78 is 0. The molecule has 1 saturated heterocycles. The highest BCUT2D eigenvalue weighted by Crippen LogP contribution is 2.26. The maximum atomic E-state index is 10.7. The van der Waals surface area contributed by atoms with E-state index in [1.807, 2.05) is 0 Å². The summed E-state index contributed by atoms with van der Waals surface area (Å²) in [4.78, 5) is 12.9. The topological polar surface area (TPSA) is 40.5 Å². The number of nitrogens with zero attached hydrogens (tertiary/aromatic N) is 1. The van der Waals surface area contributed by atoms with Crippen molar-refractivity contribution >= 4 is 5.97 Å². The summed E-state index contributed by atoms with van der Waals surface area (Å²) in [5.41, 5.74) is 0. The molecule has 1 aliphatic heterocycles. The van der Waals surface area contributed by atoms with Crippen LogP contribution in [0.25, 0.3) is 0 Å². The maximum absolute atomic E-state index is 10.7. The molecule has 0 aromatic heterocycles. The van der Waals surface area contributed by atoms with Crippen LogP contribution in [0, 0.1) is 11.8 Å². The highest BCUT2D eigenvalue weighted by Gasteiger charge is 2.32. The number of hydrogen-bond donors (Lipinski definition) is 1. The van der Waals surface area contributed by atoms with Gasteiger partial charge in [0.25, 0.3) is 0 Å². The van der Waals surface area contributed by atoms with Crippen molar-refractivity contribution in [3.63, 3.8) is 0 Å². The minimum absolute atomic E-state index is 0.0888. The zero-order valence-electron chi connectivity index (χ0n) is 10.0. The second-order valence-electron chi connectivity index (χ2n) is 5.44. The van der Waals surface area contributed by atoms with E-state index in [-0.39, 0.29) is 5.92 Å². The quantitative estimate of drug-likeness (QED) is 0.747. The lowest BCUT2D eigenvalue weighted by Gasteiger charge is -2.37. The molecule has 16 heavy (non-hydrogen) atoms. The molecule has 3 nitrogen and oxygen atoms in total. The molecule has 0 atom stereocenters. The van der Waals surface area contributed by atoms with Gasteiger partial charge in [0.2, 0.25) is 0 Å². The van der Waals surface area contributed by atoms with E-state index in [0.717, 1.165) is 25.6 Å². The lowest BCUT2D eigenvalue weighted by molar-refractivity contribution is -0.147. The summed E-state index contributed by atoms with van der Waals surface area (Å²) in [6, 6.07) is 0. The van der Waals surface area contributed by atoms with E-state index in [0.29, 0.717) is 0 Å². The molecule has 1 heterocycles. The van der Waals surface area contributed by atoms with Gasteiger partial charge in [0.1, 0.15) is 0 Å². The second-order valence-corrected chi connectivity index (χ2v) is 5.44. The van der Waals surface area contributed by atoms with Gasteiger partial charge in [-0.15, -0.1) is 0 Å². The number of rotatable bonds is 4. The molecule has 1 aliphatic carbocycles. The molecule has 0 radical (unpaired) electrons. The fraction of sp³-hybridized carbons (Fsp3) is 0.923. The van der Waals surface area contributed by atoms with Gasteiger partial charge >= 0.3 is 5.97 Å². The molecule has 1 saturated carbocycles. The van der Waals surface area contributed by atoms with Gasteiger partial charge in [0, 0.05) is 13.1 Å². The summed E-state index contributed by atoms with van der Waals surface area (Å²) in [7, 11) is 0. The molecular formula is C13H23NO2. The van der Waals surface area contributed by atoms with Crippen LogP contribution in [0.15, 0.2) is 0 Å². The maximum Gasteiger partial charge on any atom is 0.309 e. The van der Waals surface area contributed by atoms with Gasteiger partial charge in [-0.1, -0.05) is 38.5 Å². The van der Waals surface area contributed by atoms with Crippen LogP contribution in [0.2, 0.25) is 0 Å². The molecule has 2 fully saturated rings. The Hall–Kier alpha value is -0.570. The van der Waals surface area contributed by atoms with Crippen LogP contribution < -0.4 is 0 Å². The second kappa shape index (κ2) is 5.67. The van der Waals surface area contributed by atoms with Crippen LogP contribution in [-0.4, -0.2) is 35.6 Å². The zero-order valence-corrected chi connectivity index (χ0v) is 10.0. The lowest BCUT2D eigenvalue weighted by Crippen LogP contribution is -2.50. The molecule has 0 bridgehead atoms. The molecule has 0 unspecified atom stereocenters. The number of hydrogen-bond acceptors (Lipinski definition) is 2. The molecule has 0 amide bonds. The van der Waals surface area contributed by atoms with Crippen LogP contribution in [0.3, 0.4) is 0 Å². The zero-order chi connectivity index (χ0) is 11.4. The summed E-state index contributed by atoms with van der Waals surface area (Å²) >= 11 is 0. The molecule has 92 valence electrons. The average Bonchev–Trinajstić information content (AvgIpc) is 2.43. The molecule has 2 aliphatic rings. The summed E-state index contributed by atoms with van der Waals surface area (Å²) in [5, 5.41) is 8.78. The van der Waals surface area contributed by atoms with Crippen molar-refractivity contribution in [2.45, 2.75) is 44.9 Å². The van der Waals surface area contributed by atoms with Crippen LogP contribution in [0.5, 0.6) is 0 Å². The van der Waals surface area contributed by atoms with Crippen molar-refractivity contribution in [1.82, 2.24) is 4.90 Å². The van der Waals surface area contributed by atoms with E-state index in [1.165, 1.54) is 44.9 Å². The first kappa shape index (κ1) is 11.9. The number of aliphatic carboxylic acids is 1. The standard InChI is InChI=1S/C13H23NO2/c15-13(16)12-9-14(10-12)8-7-11-5-3-1-2-4-6-11/h11-12H,1-10H2,(H,15,16). The number of carboxylic acids is 1. The highest BCUT2D eigenvalue weighted by molar-refractivity contribution is 5.71. The third kappa shape index (κ3) is 3.21. The van der Waals surface area contributed by atoms with Gasteiger partial charge in [0.05, 0.1) is 5.92 Å². The van der Waals surface area contributed by atoms with Gasteiger partial charge in [-0.05, 0) is 18.9 Å². The molecule has 0 spiro atoms. The summed E-state index contributed by atoms with van der Waals surface area (Å²) in [6.07, 6.45) is 9.73. The first-order valence-electron chi connectivity index (χ1n) is 6.71. The third-order valence-electron chi connectivity index (χ3n) is 4.13. The monoisotopic (exact) mass is 225 g/mol. The molecule has 1 N–H and O–H groups in total. The Morgan fingerprint density at radius 1 is 1.12 bits per heavy atom. The fourth-order valence-corrected chi connectivity index (χ4v) is 2.93. The smallest absolute Gasteiger partial charge is 0.309 e. The van der Waals surface area contributed by atoms with Crippen LogP contribution >= 0.6 is 0 Å². The highest BCUT2D eigenvalue weighted by atomic mass is 16.4. The predicted octanol–water partition coefficient (Wildman–Crippen LogP) is 2.36. The number of carbonyl (C=O) groups is 1. The number of likely N-dealkylation sites (tertiary alicyclic amines) is 1. The summed E-state index contributed by atoms with van der Waals surface area (Å²) in [5.74, 6) is 0.200. The fourth-order valence-electron chi connectivity index (χ4n) is 2.93. The Morgan fingerprint density at radius 2 is 1.75 bits per heavy atom. The van der Waals surface area contributed by atoms with Gasteiger partial charge in [-0.25, -0.2) is 0 Å². The molecule has 2 rings (SSSR count). The SMILES string of the molecule is O=C(O)C1CN(CCC2CCCCCC2)C1. The van der Waals surface area contributed by atoms with E-state index in [9.17, 15) is 4.79 Å². The first-order chi connectivity index (χ1) is 7.75. The van der Waals surface area contributed by atoms with Crippen LogP contribution in [0.1, 0.15) is 44.9 Å². The van der Waals surface area contributed by atoms with Crippen molar-refractivity contribution in [1.29, 1.82) is 0 Å². The Labute approximate surface area is 97.8 Å². The van der Waals surface area contributed by atoms with Crippen molar-refractivity contribution < 1.29 is 9.90 Å². The predicted molar refractivity (Wildman–Crippen MR) is 63.4 cm³/mol. The Kier molecular flexibility index (Phi) is 4.22. The first-order valence-corrected chi connectivity index (χ1v) is 6.71. The van der Waals surface area contributed by atoms with Gasteiger partial charge in [0.15, 0.2) is 0 Å². The van der Waals surface area contributed by atoms with E-state index in [2.05, 4.69) is 4.90 Å². The lowest BCUT2D eigenvalue weighted by atomic mass is 9.94. The van der Waals surface area contributed by atoms with E-state index in [4.69, 9.17) is 5.11 Å². The van der Waals surface area contributed by atoms with Crippen molar-refractivity contribution in [3.8, 4) is 0 Å². The van der Waals surface area contributed by atoms with Gasteiger partial charge < -0.3 is 10.0 Å². The van der Waals surface area contributed by atoms with Crippen LogP contribution in [-0.2, 0) is 4.79 Å². The third-order valence-corrected chi connectivity index (χ3v) is 4.13. The van der Waals surface area contributed by atoms with Crippen molar-refractivity contribution in [3.05, 3.63) is 0 Å². The molecule has 0 aromatic rings. The Balaban J connectivity index is 1.59. The Morgan fingerprint density at radius 3 is 2.31 bits per heavy atom. The van der Waals surface area contributed by atoms with Crippen molar-refractivity contribution in [2.75, 3.05) is 19.6 Å². The minimum atomic E-state index is -0.620. The van der Waals surface area contributed by atoms with E-state index < -0.39 is 5.97 Å². The molecular weight excluding hydrogens is 202 g/mol. The summed E-state index contributed by atoms with van der Waals surface area (Å²) in [6.45, 7) is 2.68. The number of carboxylic acid groups (broad SMARTS) is 1. The normalized spacial score (nSPS) is 25.0. The van der Waals surface area contributed by atoms with Crippen molar-refractivity contribution in [2.24, 2.45) is 11.8 Å². The van der Waals surface area contributed by atoms with Gasteiger partial charge in [-0.3, -0.25) is 4.79 Å². The minimum Gasteiger partial charge on any atom is -0.481 e.